The van der Waals surface area contributed by atoms with Crippen LogP contribution < -0.4 is 9.62 Å². The number of nitrogens with zero attached hydrogens (tertiary/aromatic N) is 1. The fraction of sp³-hybridized carbons (Fsp3) is 0.455. The molecule has 1 unspecified atom stereocenters. The van der Waals surface area contributed by atoms with Crippen molar-refractivity contribution in [2.24, 2.45) is 0 Å². The van der Waals surface area contributed by atoms with Gasteiger partial charge in [-0.2, -0.15) is 17.9 Å². The maximum Gasteiger partial charge on any atom is 0.406 e. The normalized spacial score (nSPS) is 15.8. The van der Waals surface area contributed by atoms with Gasteiger partial charge < -0.3 is 4.90 Å². The largest absolute Gasteiger partial charge is 0.406 e. The summed E-state index contributed by atoms with van der Waals surface area (Å²) < 4.78 is 69.5. The van der Waals surface area contributed by atoms with E-state index in [9.17, 15) is 21.6 Å². The molecule has 0 radical (unpaired) electrons. The van der Waals surface area contributed by atoms with Gasteiger partial charge in [-0.1, -0.05) is 29.8 Å². The van der Waals surface area contributed by atoms with Crippen molar-refractivity contribution in [2.45, 2.75) is 57.7 Å². The Hall–Kier alpha value is -2.06. The Morgan fingerprint density at radius 2 is 1.67 bits per heavy atom. The fourth-order valence-electron chi connectivity index (χ4n) is 4.21. The number of anilines is 1. The lowest BCUT2D eigenvalue weighted by Gasteiger charge is -2.35. The molecule has 30 heavy (non-hydrogen) atoms. The second kappa shape index (κ2) is 8.23. The molecule has 1 heterocycles. The van der Waals surface area contributed by atoms with E-state index in [0.29, 0.717) is 17.7 Å². The van der Waals surface area contributed by atoms with Gasteiger partial charge in [0.1, 0.15) is 6.04 Å². The molecule has 0 saturated carbocycles. The third kappa shape index (κ3) is 4.81. The number of hydrogen-bond donors (Lipinski definition) is 1. The Labute approximate surface area is 176 Å². The third-order valence-corrected chi connectivity index (χ3v) is 7.20. The molecule has 0 amide bonds. The molecule has 2 aromatic rings. The summed E-state index contributed by atoms with van der Waals surface area (Å²) in [5.41, 5.74) is 4.41. The van der Waals surface area contributed by atoms with Gasteiger partial charge in [0.25, 0.3) is 0 Å². The van der Waals surface area contributed by atoms with Crippen LogP contribution in [0.15, 0.2) is 35.2 Å². The number of fused-ring (bicyclic) bond motifs is 1. The zero-order valence-electron chi connectivity index (χ0n) is 17.6. The van der Waals surface area contributed by atoms with Crippen molar-refractivity contribution in [2.75, 3.05) is 18.0 Å². The van der Waals surface area contributed by atoms with E-state index < -0.39 is 28.8 Å². The summed E-state index contributed by atoms with van der Waals surface area (Å²) in [7, 11) is -4.35. The van der Waals surface area contributed by atoms with Crippen molar-refractivity contribution in [1.29, 1.82) is 0 Å². The fourth-order valence-corrected chi connectivity index (χ4v) is 5.88. The summed E-state index contributed by atoms with van der Waals surface area (Å²) in [6, 6.07) is 6.85. The Morgan fingerprint density at radius 1 is 1.03 bits per heavy atom. The van der Waals surface area contributed by atoms with Crippen LogP contribution >= 0.6 is 0 Å². The molecule has 0 fully saturated rings. The van der Waals surface area contributed by atoms with Crippen molar-refractivity contribution in [1.82, 2.24) is 4.72 Å². The second-order valence-electron chi connectivity index (χ2n) is 8.13. The van der Waals surface area contributed by atoms with Crippen LogP contribution in [0.4, 0.5) is 18.9 Å². The number of rotatable bonds is 5. The first kappa shape index (κ1) is 22.6. The highest BCUT2D eigenvalue weighted by Gasteiger charge is 2.44. The van der Waals surface area contributed by atoms with Gasteiger partial charge in [0, 0.05) is 18.8 Å². The third-order valence-electron chi connectivity index (χ3n) is 5.42. The summed E-state index contributed by atoms with van der Waals surface area (Å²) in [6.45, 7) is 6.89. The molecule has 0 bridgehead atoms. The second-order valence-corrected chi connectivity index (χ2v) is 9.78. The van der Waals surface area contributed by atoms with Crippen LogP contribution in [0.1, 0.15) is 34.2 Å². The molecule has 164 valence electrons. The smallest absolute Gasteiger partial charge is 0.369 e. The van der Waals surface area contributed by atoms with Gasteiger partial charge in [-0.3, -0.25) is 0 Å². The zero-order valence-corrected chi connectivity index (χ0v) is 18.4. The minimum atomic E-state index is -4.72. The summed E-state index contributed by atoms with van der Waals surface area (Å²) in [5, 5.41) is 0. The average molecular weight is 441 g/mol. The molecule has 0 saturated heterocycles. The molecule has 4 nitrogen and oxygen atoms in total. The van der Waals surface area contributed by atoms with E-state index in [0.717, 1.165) is 35.2 Å². The van der Waals surface area contributed by atoms with E-state index in [4.69, 9.17) is 0 Å². The van der Waals surface area contributed by atoms with Crippen molar-refractivity contribution in [3.05, 3.63) is 58.1 Å². The van der Waals surface area contributed by atoms with Gasteiger partial charge in [0.2, 0.25) is 10.0 Å². The Morgan fingerprint density at radius 3 is 2.27 bits per heavy atom. The average Bonchev–Trinajstić information content (AvgIpc) is 2.59. The predicted octanol–water partition coefficient (Wildman–Crippen LogP) is 4.58. The van der Waals surface area contributed by atoms with Gasteiger partial charge in [-0.15, -0.1) is 0 Å². The molecule has 1 N–H and O–H groups in total. The highest BCUT2D eigenvalue weighted by Crippen LogP contribution is 2.31. The van der Waals surface area contributed by atoms with E-state index in [1.807, 2.05) is 36.8 Å². The molecular weight excluding hydrogens is 413 g/mol. The van der Waals surface area contributed by atoms with Gasteiger partial charge >= 0.3 is 6.18 Å². The minimum Gasteiger partial charge on any atom is -0.369 e. The highest BCUT2D eigenvalue weighted by molar-refractivity contribution is 7.89. The topological polar surface area (TPSA) is 49.4 Å². The first-order valence-electron chi connectivity index (χ1n) is 9.90. The summed E-state index contributed by atoms with van der Waals surface area (Å²) in [5.74, 6) is 0. The van der Waals surface area contributed by atoms with Crippen molar-refractivity contribution < 1.29 is 21.6 Å². The Balaban J connectivity index is 1.93. The quantitative estimate of drug-likeness (QED) is 0.740. The van der Waals surface area contributed by atoms with E-state index in [-0.39, 0.29) is 4.90 Å². The zero-order chi connectivity index (χ0) is 22.3. The van der Waals surface area contributed by atoms with Crippen LogP contribution in [0.25, 0.3) is 0 Å². The van der Waals surface area contributed by atoms with Crippen LogP contribution in [0.3, 0.4) is 0 Å². The molecule has 1 atom stereocenters. The monoisotopic (exact) mass is 440 g/mol. The Kier molecular flexibility index (Phi) is 6.20. The first-order chi connectivity index (χ1) is 13.9. The molecule has 0 aromatic heterocycles. The van der Waals surface area contributed by atoms with E-state index in [1.165, 1.54) is 0 Å². The number of halogens is 3. The number of benzene rings is 2. The summed E-state index contributed by atoms with van der Waals surface area (Å²) >= 11 is 0. The number of sulfonamides is 1. The van der Waals surface area contributed by atoms with E-state index in [1.54, 1.807) is 30.9 Å². The summed E-state index contributed by atoms with van der Waals surface area (Å²) in [4.78, 5) is 1.55. The molecule has 1 aliphatic heterocycles. The standard InChI is InChI=1S/C22H27F3N2O2S/c1-14-7-8-18-6-5-9-27(19(18)12-14)13-20(22(23,24)25)26-30(28,29)21-16(3)10-15(2)11-17(21)4/h7-8,10-12,20,26H,5-6,9,13H2,1-4H3. The molecule has 0 spiro atoms. The maximum absolute atomic E-state index is 13.9. The van der Waals surface area contributed by atoms with Crippen LogP contribution in [-0.4, -0.2) is 33.7 Å². The lowest BCUT2D eigenvalue weighted by molar-refractivity contribution is -0.149. The molecule has 0 aliphatic carbocycles. The van der Waals surface area contributed by atoms with Gasteiger partial charge in [0.05, 0.1) is 4.90 Å². The van der Waals surface area contributed by atoms with E-state index in [2.05, 4.69) is 0 Å². The SMILES string of the molecule is Cc1cc(C)c(S(=O)(=O)NC(CN2CCCc3ccc(C)cc32)C(F)(F)F)c(C)c1. The highest BCUT2D eigenvalue weighted by atomic mass is 32.2. The minimum absolute atomic E-state index is 0.0859. The van der Waals surface area contributed by atoms with Crippen molar-refractivity contribution in [3.63, 3.8) is 0 Å². The number of alkyl halides is 3. The Bertz CT molecular complexity index is 1030. The van der Waals surface area contributed by atoms with Crippen LogP contribution in [0, 0.1) is 27.7 Å². The van der Waals surface area contributed by atoms with Gasteiger partial charge in [-0.25, -0.2) is 8.42 Å². The number of nitrogens with one attached hydrogen (secondary N) is 1. The van der Waals surface area contributed by atoms with Crippen LogP contribution in [-0.2, 0) is 16.4 Å². The van der Waals surface area contributed by atoms with Gasteiger partial charge in [0.15, 0.2) is 0 Å². The van der Waals surface area contributed by atoms with Crippen LogP contribution in [0.2, 0.25) is 0 Å². The van der Waals surface area contributed by atoms with E-state index >= 15 is 0 Å². The molecule has 8 heteroatoms. The molecular formula is C22H27F3N2O2S. The molecule has 1 aliphatic rings. The maximum atomic E-state index is 13.9. The lowest BCUT2D eigenvalue weighted by atomic mass is 9.99. The number of aryl methyl sites for hydroxylation is 5. The van der Waals surface area contributed by atoms with Gasteiger partial charge in [-0.05, 0) is 68.9 Å². The van der Waals surface area contributed by atoms with Crippen molar-refractivity contribution in [3.8, 4) is 0 Å². The molecule has 2 aromatic carbocycles. The van der Waals surface area contributed by atoms with Crippen LogP contribution in [0.5, 0.6) is 0 Å². The predicted molar refractivity (Wildman–Crippen MR) is 113 cm³/mol. The van der Waals surface area contributed by atoms with Crippen molar-refractivity contribution >= 4 is 15.7 Å². The summed E-state index contributed by atoms with van der Waals surface area (Å²) in [6.07, 6.45) is -3.19. The lowest BCUT2D eigenvalue weighted by Crippen LogP contribution is -2.53. The molecule has 3 rings (SSSR count). The first-order valence-corrected chi connectivity index (χ1v) is 11.4. The number of hydrogen-bond acceptors (Lipinski definition) is 3.